The molecule has 0 amide bonds. The highest BCUT2D eigenvalue weighted by atomic mass is 16.6. The van der Waals surface area contributed by atoms with Crippen molar-refractivity contribution in [2.45, 2.75) is 13.5 Å². The van der Waals surface area contributed by atoms with Crippen LogP contribution in [0.1, 0.15) is 6.92 Å². The monoisotopic (exact) mass is 200 g/mol. The normalized spacial score (nSPS) is 10.7. The molecule has 2 radical (unpaired) electrons. The Morgan fingerprint density at radius 2 is 2.27 bits per heavy atom. The minimum Gasteiger partial charge on any atom is -0.348 e. The van der Waals surface area contributed by atoms with Gasteiger partial charge in [0.25, 0.3) is 5.69 Å². The number of aromatic nitrogens is 1. The largest absolute Gasteiger partial charge is 0.348 e. The zero-order chi connectivity index (χ0) is 11.0. The molecule has 4 nitrogen and oxygen atoms in total. The molecule has 0 aliphatic carbocycles. The van der Waals surface area contributed by atoms with Gasteiger partial charge in [0, 0.05) is 35.8 Å². The lowest BCUT2D eigenvalue weighted by atomic mass is 9.93. The number of nitro groups is 1. The van der Waals surface area contributed by atoms with Gasteiger partial charge in [-0.05, 0) is 13.0 Å². The van der Waals surface area contributed by atoms with Crippen molar-refractivity contribution in [3.8, 4) is 0 Å². The van der Waals surface area contributed by atoms with Crippen molar-refractivity contribution in [3.05, 3.63) is 34.5 Å². The molecule has 15 heavy (non-hydrogen) atoms. The molecule has 5 heteroatoms. The number of nitrogens with zero attached hydrogens (tertiary/aromatic N) is 2. The minimum atomic E-state index is -0.431. The van der Waals surface area contributed by atoms with E-state index in [4.69, 9.17) is 7.85 Å². The second kappa shape index (κ2) is 3.42. The predicted molar refractivity (Wildman–Crippen MR) is 59.7 cm³/mol. The first-order chi connectivity index (χ1) is 7.13. The average molecular weight is 200 g/mol. The van der Waals surface area contributed by atoms with Gasteiger partial charge in [-0.3, -0.25) is 10.1 Å². The molecule has 0 saturated carbocycles. The average Bonchev–Trinajstić information content (AvgIpc) is 2.60. The molecular formula is C10H9BN2O2. The van der Waals surface area contributed by atoms with Crippen LogP contribution in [0.5, 0.6) is 0 Å². The zero-order valence-corrected chi connectivity index (χ0v) is 8.30. The number of benzene rings is 1. The van der Waals surface area contributed by atoms with Gasteiger partial charge in [-0.25, -0.2) is 0 Å². The van der Waals surface area contributed by atoms with Crippen LogP contribution in [0.15, 0.2) is 24.4 Å². The molecule has 0 unspecified atom stereocenters. The van der Waals surface area contributed by atoms with Crippen LogP contribution in [-0.4, -0.2) is 17.3 Å². The first kappa shape index (κ1) is 9.77. The summed E-state index contributed by atoms with van der Waals surface area (Å²) in [5.41, 5.74) is 1.35. The van der Waals surface area contributed by atoms with E-state index in [1.54, 1.807) is 0 Å². The summed E-state index contributed by atoms with van der Waals surface area (Å²) in [4.78, 5) is 10.2. The number of nitro benzene ring substituents is 1. The Balaban J connectivity index is 2.74. The van der Waals surface area contributed by atoms with Crippen LogP contribution in [0.2, 0.25) is 0 Å². The van der Waals surface area contributed by atoms with E-state index in [-0.39, 0.29) is 5.69 Å². The minimum absolute atomic E-state index is 0.0360. The van der Waals surface area contributed by atoms with Crippen LogP contribution in [0, 0.1) is 10.1 Å². The molecule has 2 rings (SSSR count). The lowest BCUT2D eigenvalue weighted by Crippen LogP contribution is -2.09. The molecule has 1 aromatic heterocycles. The Bertz CT molecular complexity index is 533. The first-order valence-electron chi connectivity index (χ1n) is 4.66. The third-order valence-corrected chi connectivity index (χ3v) is 2.43. The van der Waals surface area contributed by atoms with Crippen LogP contribution in [0.25, 0.3) is 10.9 Å². The molecule has 1 heterocycles. The third-order valence-electron chi connectivity index (χ3n) is 2.43. The maximum Gasteiger partial charge on any atom is 0.269 e. The highest BCUT2D eigenvalue weighted by molar-refractivity contribution is 6.38. The summed E-state index contributed by atoms with van der Waals surface area (Å²) in [5.74, 6) is 0. The van der Waals surface area contributed by atoms with E-state index in [2.05, 4.69) is 0 Å². The Morgan fingerprint density at radius 3 is 2.87 bits per heavy atom. The zero-order valence-electron chi connectivity index (χ0n) is 8.30. The molecule has 74 valence electrons. The van der Waals surface area contributed by atoms with Crippen molar-refractivity contribution in [1.82, 2.24) is 4.57 Å². The Kier molecular flexibility index (Phi) is 2.23. The summed E-state index contributed by atoms with van der Waals surface area (Å²) >= 11 is 0. The number of fused-ring (bicyclic) bond motifs is 1. The summed E-state index contributed by atoms with van der Waals surface area (Å²) in [7, 11) is 5.79. The van der Waals surface area contributed by atoms with Gasteiger partial charge in [0.2, 0.25) is 0 Å². The van der Waals surface area contributed by atoms with Crippen molar-refractivity contribution >= 4 is 29.9 Å². The maximum atomic E-state index is 10.6. The third kappa shape index (κ3) is 1.50. The second-order valence-electron chi connectivity index (χ2n) is 3.33. The van der Waals surface area contributed by atoms with E-state index in [0.717, 1.165) is 17.4 Å². The maximum absolute atomic E-state index is 10.6. The van der Waals surface area contributed by atoms with Crippen molar-refractivity contribution in [1.29, 1.82) is 0 Å². The SMILES string of the molecule is [B]c1cc([N+](=O)[O-])cc2ccn(CC)c12. The van der Waals surface area contributed by atoms with Gasteiger partial charge in [0.15, 0.2) is 0 Å². The fraction of sp³-hybridized carbons (Fsp3) is 0.200. The summed E-state index contributed by atoms with van der Waals surface area (Å²) in [5, 5.41) is 11.4. The quantitative estimate of drug-likeness (QED) is 0.417. The second-order valence-corrected chi connectivity index (χ2v) is 3.33. The Labute approximate surface area is 88.1 Å². The van der Waals surface area contributed by atoms with Crippen LogP contribution in [0.3, 0.4) is 0 Å². The number of non-ortho nitro benzene ring substituents is 1. The number of hydrogen-bond donors (Lipinski definition) is 0. The molecule has 2 aromatic rings. The first-order valence-corrected chi connectivity index (χ1v) is 4.66. The van der Waals surface area contributed by atoms with Crippen LogP contribution < -0.4 is 5.46 Å². The summed E-state index contributed by atoms with van der Waals surface area (Å²) in [6, 6.07) is 4.77. The van der Waals surface area contributed by atoms with E-state index < -0.39 is 4.92 Å². The van der Waals surface area contributed by atoms with Gasteiger partial charge >= 0.3 is 0 Å². The molecule has 0 aliphatic rings. The highest BCUT2D eigenvalue weighted by Gasteiger charge is 2.10. The number of hydrogen-bond acceptors (Lipinski definition) is 2. The Hall–Kier alpha value is -1.78. The van der Waals surface area contributed by atoms with Gasteiger partial charge in [0.1, 0.15) is 7.85 Å². The van der Waals surface area contributed by atoms with Gasteiger partial charge in [-0.2, -0.15) is 0 Å². The van der Waals surface area contributed by atoms with E-state index in [1.807, 2.05) is 23.8 Å². The topological polar surface area (TPSA) is 48.1 Å². The van der Waals surface area contributed by atoms with Gasteiger partial charge < -0.3 is 4.57 Å². The number of aryl methyl sites for hydroxylation is 1. The molecule has 0 saturated heterocycles. The van der Waals surface area contributed by atoms with Crippen molar-refractivity contribution in [3.63, 3.8) is 0 Å². The molecule has 0 fully saturated rings. The molecule has 1 aromatic carbocycles. The summed E-state index contributed by atoms with van der Waals surface area (Å²) < 4.78 is 1.97. The molecular weight excluding hydrogens is 191 g/mol. The van der Waals surface area contributed by atoms with Crippen molar-refractivity contribution in [2.75, 3.05) is 0 Å². The van der Waals surface area contributed by atoms with Gasteiger partial charge in [-0.15, -0.1) is 0 Å². The standard InChI is InChI=1S/C10H9BN2O2/c1-2-12-4-3-7-5-8(13(14)15)6-9(11)10(7)12/h3-6H,2H2,1H3. The van der Waals surface area contributed by atoms with Crippen molar-refractivity contribution in [2.24, 2.45) is 0 Å². The van der Waals surface area contributed by atoms with Crippen LogP contribution in [0.4, 0.5) is 5.69 Å². The molecule has 0 N–H and O–H groups in total. The van der Waals surface area contributed by atoms with E-state index in [9.17, 15) is 10.1 Å². The molecule has 0 bridgehead atoms. The van der Waals surface area contributed by atoms with Crippen molar-refractivity contribution < 1.29 is 4.92 Å². The van der Waals surface area contributed by atoms with E-state index in [0.29, 0.717) is 5.46 Å². The molecule has 0 spiro atoms. The van der Waals surface area contributed by atoms with E-state index >= 15 is 0 Å². The highest BCUT2D eigenvalue weighted by Crippen LogP contribution is 2.19. The van der Waals surface area contributed by atoms with Crippen LogP contribution in [-0.2, 0) is 6.54 Å². The van der Waals surface area contributed by atoms with Gasteiger partial charge in [0.05, 0.1) is 4.92 Å². The summed E-state index contributed by atoms with van der Waals surface area (Å²) in [6.45, 7) is 2.80. The lowest BCUT2D eigenvalue weighted by Gasteiger charge is -2.04. The fourth-order valence-corrected chi connectivity index (χ4v) is 1.74. The fourth-order valence-electron chi connectivity index (χ4n) is 1.74. The summed E-state index contributed by atoms with van der Waals surface area (Å²) in [6.07, 6.45) is 1.88. The Morgan fingerprint density at radius 1 is 1.53 bits per heavy atom. The smallest absolute Gasteiger partial charge is 0.269 e. The molecule has 0 aliphatic heterocycles. The van der Waals surface area contributed by atoms with Gasteiger partial charge in [-0.1, -0.05) is 5.46 Å². The predicted octanol–water partition coefficient (Wildman–Crippen LogP) is 1.36. The number of rotatable bonds is 2. The van der Waals surface area contributed by atoms with Crippen LogP contribution >= 0.6 is 0 Å². The lowest BCUT2D eigenvalue weighted by molar-refractivity contribution is -0.384. The molecule has 0 atom stereocenters. The van der Waals surface area contributed by atoms with E-state index in [1.165, 1.54) is 12.1 Å².